The maximum absolute atomic E-state index is 12.2. The number of nitrogens with one attached hydrogen (secondary N) is 1. The molecule has 0 spiro atoms. The average Bonchev–Trinajstić information content (AvgIpc) is 2.37. The number of hydrogen-bond acceptors (Lipinski definition) is 3. The molecule has 1 unspecified atom stereocenters. The minimum atomic E-state index is -0.501. The number of hydrogen-bond donors (Lipinski definition) is 1. The van der Waals surface area contributed by atoms with Crippen molar-refractivity contribution in [3.05, 3.63) is 45.1 Å². The molecule has 1 N–H and O–H groups in total. The van der Waals surface area contributed by atoms with Crippen LogP contribution in [0.3, 0.4) is 0 Å². The standard InChI is InChI=1S/C15H15Cl2NO3/c1-3-21-15(20)13-8(2)18-12(19)7-9(13)14-10(16)5-4-6-11(14)17/h4-6,9H,3,7H2,1-2H3,(H,18,19). The van der Waals surface area contributed by atoms with Gasteiger partial charge in [-0.1, -0.05) is 29.3 Å². The molecule has 2 rings (SSSR count). The number of esters is 1. The van der Waals surface area contributed by atoms with Gasteiger partial charge < -0.3 is 10.1 Å². The fraction of sp³-hybridized carbons (Fsp3) is 0.333. The first kappa shape index (κ1) is 15.9. The highest BCUT2D eigenvalue weighted by Crippen LogP contribution is 2.40. The van der Waals surface area contributed by atoms with Gasteiger partial charge in [-0.15, -0.1) is 0 Å². The number of carbonyl (C=O) groups is 2. The van der Waals surface area contributed by atoms with Gasteiger partial charge in [-0.05, 0) is 31.5 Å². The van der Waals surface area contributed by atoms with Crippen LogP contribution in [-0.2, 0) is 14.3 Å². The van der Waals surface area contributed by atoms with Gasteiger partial charge in [-0.2, -0.15) is 0 Å². The van der Waals surface area contributed by atoms with Gasteiger partial charge in [0.25, 0.3) is 0 Å². The fourth-order valence-electron chi connectivity index (χ4n) is 2.47. The van der Waals surface area contributed by atoms with Crippen molar-refractivity contribution >= 4 is 35.1 Å². The highest BCUT2D eigenvalue weighted by Gasteiger charge is 2.34. The molecule has 6 heteroatoms. The van der Waals surface area contributed by atoms with E-state index in [1.807, 2.05) is 0 Å². The Bertz CT molecular complexity index is 605. The number of ether oxygens (including phenoxy) is 1. The molecule has 1 atom stereocenters. The molecule has 0 saturated heterocycles. The number of halogens is 2. The Hall–Kier alpha value is -1.52. The lowest BCUT2D eigenvalue weighted by Crippen LogP contribution is -2.34. The number of allylic oxidation sites excluding steroid dienone is 1. The molecule has 4 nitrogen and oxygen atoms in total. The zero-order chi connectivity index (χ0) is 15.6. The maximum atomic E-state index is 12.2. The minimum Gasteiger partial charge on any atom is -0.463 e. The van der Waals surface area contributed by atoms with E-state index in [0.717, 1.165) is 0 Å². The number of carbonyl (C=O) groups excluding carboxylic acids is 2. The quantitative estimate of drug-likeness (QED) is 0.865. The van der Waals surface area contributed by atoms with E-state index in [1.54, 1.807) is 32.0 Å². The molecule has 1 amide bonds. The second-order valence-electron chi connectivity index (χ2n) is 4.70. The Kier molecular flexibility index (Phi) is 4.91. The smallest absolute Gasteiger partial charge is 0.336 e. The van der Waals surface area contributed by atoms with Crippen molar-refractivity contribution in [3.63, 3.8) is 0 Å². The van der Waals surface area contributed by atoms with Crippen LogP contribution in [0, 0.1) is 0 Å². The molecule has 1 aromatic rings. The molecular weight excluding hydrogens is 313 g/mol. The van der Waals surface area contributed by atoms with Crippen LogP contribution in [0.2, 0.25) is 10.0 Å². The van der Waals surface area contributed by atoms with Gasteiger partial charge in [-0.3, -0.25) is 4.79 Å². The SMILES string of the molecule is CCOC(=O)C1=C(C)NC(=O)CC1c1c(Cl)cccc1Cl. The zero-order valence-corrected chi connectivity index (χ0v) is 13.2. The Labute approximate surface area is 133 Å². The zero-order valence-electron chi connectivity index (χ0n) is 11.7. The van der Waals surface area contributed by atoms with Crippen molar-refractivity contribution in [2.75, 3.05) is 6.61 Å². The van der Waals surface area contributed by atoms with E-state index in [-0.39, 0.29) is 18.9 Å². The van der Waals surface area contributed by atoms with Crippen molar-refractivity contribution in [2.45, 2.75) is 26.2 Å². The predicted molar refractivity (Wildman–Crippen MR) is 81.3 cm³/mol. The number of benzene rings is 1. The van der Waals surface area contributed by atoms with Crippen molar-refractivity contribution < 1.29 is 14.3 Å². The highest BCUT2D eigenvalue weighted by molar-refractivity contribution is 6.36. The first-order valence-corrected chi connectivity index (χ1v) is 7.33. The third-order valence-corrected chi connectivity index (χ3v) is 3.97. The molecule has 0 saturated carbocycles. The topological polar surface area (TPSA) is 55.4 Å². The van der Waals surface area contributed by atoms with Gasteiger partial charge in [-0.25, -0.2) is 4.79 Å². The van der Waals surface area contributed by atoms with E-state index in [1.165, 1.54) is 0 Å². The van der Waals surface area contributed by atoms with Gasteiger partial charge in [0.15, 0.2) is 0 Å². The van der Waals surface area contributed by atoms with Gasteiger partial charge in [0.1, 0.15) is 0 Å². The summed E-state index contributed by atoms with van der Waals surface area (Å²) in [5.41, 5.74) is 1.45. The molecule has 1 aromatic carbocycles. The van der Waals surface area contributed by atoms with Crippen LogP contribution in [0.5, 0.6) is 0 Å². The molecule has 0 radical (unpaired) electrons. The van der Waals surface area contributed by atoms with Crippen LogP contribution in [0.4, 0.5) is 0 Å². The molecule has 21 heavy (non-hydrogen) atoms. The molecule has 112 valence electrons. The van der Waals surface area contributed by atoms with Crippen LogP contribution in [0.25, 0.3) is 0 Å². The monoisotopic (exact) mass is 327 g/mol. The maximum Gasteiger partial charge on any atom is 0.336 e. The molecule has 1 aliphatic rings. The average molecular weight is 328 g/mol. The van der Waals surface area contributed by atoms with Crippen molar-refractivity contribution in [1.29, 1.82) is 0 Å². The third kappa shape index (κ3) is 3.22. The van der Waals surface area contributed by atoms with E-state index in [9.17, 15) is 9.59 Å². The second-order valence-corrected chi connectivity index (χ2v) is 5.51. The van der Waals surface area contributed by atoms with Crippen LogP contribution in [0.1, 0.15) is 31.7 Å². The van der Waals surface area contributed by atoms with E-state index in [2.05, 4.69) is 5.32 Å². The Morgan fingerprint density at radius 2 is 2.00 bits per heavy atom. The first-order valence-electron chi connectivity index (χ1n) is 6.57. The third-order valence-electron chi connectivity index (χ3n) is 3.31. The van der Waals surface area contributed by atoms with Gasteiger partial charge in [0.05, 0.1) is 12.2 Å². The van der Waals surface area contributed by atoms with Crippen LogP contribution in [0.15, 0.2) is 29.5 Å². The molecule has 0 aromatic heterocycles. The number of rotatable bonds is 3. The van der Waals surface area contributed by atoms with E-state index < -0.39 is 11.9 Å². The van der Waals surface area contributed by atoms with Crippen LogP contribution < -0.4 is 5.32 Å². The highest BCUT2D eigenvalue weighted by atomic mass is 35.5. The predicted octanol–water partition coefficient (Wildman–Crippen LogP) is 3.43. The summed E-state index contributed by atoms with van der Waals surface area (Å²) in [5, 5.41) is 3.52. The summed E-state index contributed by atoms with van der Waals surface area (Å²) in [5.74, 6) is -1.14. The summed E-state index contributed by atoms with van der Waals surface area (Å²) < 4.78 is 5.08. The fourth-order valence-corrected chi connectivity index (χ4v) is 3.13. The lowest BCUT2D eigenvalue weighted by molar-refractivity contribution is -0.139. The van der Waals surface area contributed by atoms with Gasteiger partial charge in [0.2, 0.25) is 5.91 Å². The molecule has 1 aliphatic heterocycles. The van der Waals surface area contributed by atoms with E-state index in [4.69, 9.17) is 27.9 Å². The van der Waals surface area contributed by atoms with Crippen molar-refractivity contribution in [3.8, 4) is 0 Å². The normalized spacial score (nSPS) is 18.5. The Morgan fingerprint density at radius 3 is 2.57 bits per heavy atom. The second kappa shape index (κ2) is 6.50. The lowest BCUT2D eigenvalue weighted by atomic mass is 9.84. The van der Waals surface area contributed by atoms with Crippen molar-refractivity contribution in [2.24, 2.45) is 0 Å². The van der Waals surface area contributed by atoms with Crippen LogP contribution in [-0.4, -0.2) is 18.5 Å². The molecule has 0 bridgehead atoms. The van der Waals surface area contributed by atoms with E-state index >= 15 is 0 Å². The Morgan fingerprint density at radius 1 is 1.38 bits per heavy atom. The van der Waals surface area contributed by atoms with Crippen LogP contribution >= 0.6 is 23.2 Å². The largest absolute Gasteiger partial charge is 0.463 e. The summed E-state index contributed by atoms with van der Waals surface area (Å²) in [4.78, 5) is 24.0. The Balaban J connectivity index is 2.55. The minimum absolute atomic E-state index is 0.106. The van der Waals surface area contributed by atoms with Gasteiger partial charge in [0, 0.05) is 28.1 Å². The first-order chi connectivity index (χ1) is 9.95. The van der Waals surface area contributed by atoms with Crippen molar-refractivity contribution in [1.82, 2.24) is 5.32 Å². The number of amides is 1. The molecule has 1 heterocycles. The summed E-state index contributed by atoms with van der Waals surface area (Å²) in [7, 11) is 0. The summed E-state index contributed by atoms with van der Waals surface area (Å²) in [6, 6.07) is 5.10. The summed E-state index contributed by atoms with van der Waals surface area (Å²) in [6.45, 7) is 3.65. The summed E-state index contributed by atoms with van der Waals surface area (Å²) in [6.07, 6.45) is 0.106. The lowest BCUT2D eigenvalue weighted by Gasteiger charge is -2.27. The molecular formula is C15H15Cl2NO3. The van der Waals surface area contributed by atoms with Gasteiger partial charge >= 0.3 is 5.97 Å². The molecule has 0 aliphatic carbocycles. The van der Waals surface area contributed by atoms with E-state index in [0.29, 0.717) is 26.9 Å². The summed E-state index contributed by atoms with van der Waals surface area (Å²) >= 11 is 12.4. The molecule has 0 fully saturated rings.